The number of piperidine rings is 1. The van der Waals surface area contributed by atoms with E-state index in [4.69, 9.17) is 0 Å². The van der Waals surface area contributed by atoms with E-state index in [1.54, 1.807) is 0 Å². The molecule has 2 aliphatic rings. The molecular weight excluding hydrogens is 342 g/mol. The zero-order chi connectivity index (χ0) is 15.8. The lowest BCUT2D eigenvalue weighted by molar-refractivity contribution is -0.387. The zero-order valence-electron chi connectivity index (χ0n) is 12.6. The summed E-state index contributed by atoms with van der Waals surface area (Å²) in [6.45, 7) is 2.70. The number of sulfonamides is 1. The van der Waals surface area contributed by atoms with E-state index in [1.807, 2.05) is 0 Å². The third kappa shape index (κ3) is 3.35. The second-order valence-corrected chi connectivity index (χ2v) is 7.97. The molecule has 0 aliphatic carbocycles. The monoisotopic (exact) mass is 361 g/mol. The van der Waals surface area contributed by atoms with Gasteiger partial charge in [0.2, 0.25) is 10.0 Å². The minimum atomic E-state index is -3.82. The molecule has 7 nitrogen and oxygen atoms in total. The highest BCUT2D eigenvalue weighted by Crippen LogP contribution is 2.41. The van der Waals surface area contributed by atoms with E-state index < -0.39 is 14.9 Å². The number of rotatable bonds is 3. The third-order valence-corrected chi connectivity index (χ3v) is 6.64. The lowest BCUT2D eigenvalue weighted by Gasteiger charge is -2.33. The van der Waals surface area contributed by atoms with Crippen LogP contribution >= 0.6 is 12.4 Å². The maximum atomic E-state index is 12.8. The van der Waals surface area contributed by atoms with Gasteiger partial charge >= 0.3 is 0 Å². The maximum absolute atomic E-state index is 12.8. The summed E-state index contributed by atoms with van der Waals surface area (Å²) in [6, 6.07) is 5.57. The second kappa shape index (κ2) is 6.72. The van der Waals surface area contributed by atoms with Crippen LogP contribution in [-0.2, 0) is 10.0 Å². The molecule has 0 unspecified atom stereocenters. The van der Waals surface area contributed by atoms with Gasteiger partial charge in [-0.15, -0.1) is 12.4 Å². The molecule has 3 rings (SSSR count). The number of nitro groups is 1. The highest BCUT2D eigenvalue weighted by Gasteiger charge is 2.44. The third-order valence-electron chi connectivity index (χ3n) is 4.75. The predicted molar refractivity (Wildman–Crippen MR) is 88.3 cm³/mol. The van der Waals surface area contributed by atoms with E-state index in [-0.39, 0.29) is 28.4 Å². The van der Waals surface area contributed by atoms with Crippen molar-refractivity contribution < 1.29 is 13.3 Å². The van der Waals surface area contributed by atoms with Gasteiger partial charge in [0.25, 0.3) is 5.69 Å². The first-order valence-corrected chi connectivity index (χ1v) is 8.83. The molecule has 0 amide bonds. The topological polar surface area (TPSA) is 92.5 Å². The molecule has 1 N–H and O–H groups in total. The molecule has 2 saturated heterocycles. The van der Waals surface area contributed by atoms with E-state index in [9.17, 15) is 18.5 Å². The summed E-state index contributed by atoms with van der Waals surface area (Å²) in [7, 11) is -3.82. The van der Waals surface area contributed by atoms with Crippen molar-refractivity contribution in [2.24, 2.45) is 5.41 Å². The Hall–Kier alpha value is -1.22. The van der Waals surface area contributed by atoms with Crippen molar-refractivity contribution in [2.45, 2.75) is 24.2 Å². The van der Waals surface area contributed by atoms with Gasteiger partial charge in [0.15, 0.2) is 4.90 Å². The Balaban J connectivity index is 0.00000192. The molecule has 0 aromatic heterocycles. The van der Waals surface area contributed by atoms with Crippen molar-refractivity contribution >= 4 is 28.1 Å². The van der Waals surface area contributed by atoms with E-state index in [0.717, 1.165) is 32.4 Å². The summed E-state index contributed by atoms with van der Waals surface area (Å²) >= 11 is 0. The molecule has 1 aromatic carbocycles. The first kappa shape index (κ1) is 18.1. The molecule has 1 spiro atoms. The van der Waals surface area contributed by atoms with Gasteiger partial charge in [-0.3, -0.25) is 10.1 Å². The van der Waals surface area contributed by atoms with Gasteiger partial charge in [0, 0.05) is 19.2 Å². The average Bonchev–Trinajstić information content (AvgIpc) is 2.92. The smallest absolute Gasteiger partial charge is 0.289 e. The van der Waals surface area contributed by atoms with Crippen molar-refractivity contribution in [2.75, 3.05) is 26.2 Å². The van der Waals surface area contributed by atoms with Crippen molar-refractivity contribution in [3.05, 3.63) is 34.4 Å². The number of nitrogens with one attached hydrogen (secondary N) is 1. The molecule has 2 heterocycles. The van der Waals surface area contributed by atoms with Crippen LogP contribution < -0.4 is 5.32 Å². The quantitative estimate of drug-likeness (QED) is 0.654. The lowest BCUT2D eigenvalue weighted by Crippen LogP contribution is -2.39. The SMILES string of the molecule is Cl.O=[N+]([O-])c1ccccc1S(=O)(=O)N1CCC2(CCNCC2)C1. The minimum absolute atomic E-state index is 0. The molecule has 0 radical (unpaired) electrons. The second-order valence-electron chi connectivity index (χ2n) is 6.06. The van der Waals surface area contributed by atoms with Crippen LogP contribution in [0.4, 0.5) is 5.69 Å². The summed E-state index contributed by atoms with van der Waals surface area (Å²) in [6.07, 6.45) is 2.74. The number of hydrogen-bond donors (Lipinski definition) is 1. The lowest BCUT2D eigenvalue weighted by atomic mass is 9.78. The highest BCUT2D eigenvalue weighted by atomic mass is 35.5. The minimum Gasteiger partial charge on any atom is -0.317 e. The van der Waals surface area contributed by atoms with Crippen LogP contribution in [0.25, 0.3) is 0 Å². The number of nitro benzene ring substituents is 1. The Bertz CT molecular complexity index is 689. The van der Waals surface area contributed by atoms with Gasteiger partial charge < -0.3 is 5.32 Å². The zero-order valence-corrected chi connectivity index (χ0v) is 14.2. The number of hydrogen-bond acceptors (Lipinski definition) is 5. The van der Waals surface area contributed by atoms with Crippen LogP contribution in [0.3, 0.4) is 0 Å². The maximum Gasteiger partial charge on any atom is 0.289 e. The van der Waals surface area contributed by atoms with Crippen LogP contribution in [0.2, 0.25) is 0 Å². The number of halogens is 1. The van der Waals surface area contributed by atoms with E-state index >= 15 is 0 Å². The van der Waals surface area contributed by atoms with Gasteiger partial charge in [-0.25, -0.2) is 8.42 Å². The van der Waals surface area contributed by atoms with Crippen LogP contribution in [-0.4, -0.2) is 43.8 Å². The van der Waals surface area contributed by atoms with Gasteiger partial charge in [0.05, 0.1) is 4.92 Å². The normalized spacial score (nSPS) is 21.0. The Morgan fingerprint density at radius 1 is 1.17 bits per heavy atom. The van der Waals surface area contributed by atoms with Crippen LogP contribution in [0.15, 0.2) is 29.2 Å². The fourth-order valence-corrected chi connectivity index (χ4v) is 5.14. The van der Waals surface area contributed by atoms with Crippen LogP contribution in [0, 0.1) is 15.5 Å². The summed E-state index contributed by atoms with van der Waals surface area (Å²) in [4.78, 5) is 10.3. The van der Waals surface area contributed by atoms with Crippen molar-refractivity contribution in [3.8, 4) is 0 Å². The molecule has 0 saturated carbocycles. The fraction of sp³-hybridized carbons (Fsp3) is 0.571. The van der Waals surface area contributed by atoms with Crippen molar-refractivity contribution in [1.29, 1.82) is 0 Å². The van der Waals surface area contributed by atoms with Gasteiger partial charge in [-0.05, 0) is 43.8 Å². The Morgan fingerprint density at radius 3 is 2.48 bits per heavy atom. The molecule has 1 aromatic rings. The first-order chi connectivity index (χ1) is 10.4. The predicted octanol–water partition coefficient (Wildman–Crippen LogP) is 1.78. The van der Waals surface area contributed by atoms with Gasteiger partial charge in [0.1, 0.15) is 0 Å². The number of benzene rings is 1. The fourth-order valence-electron chi connectivity index (χ4n) is 3.43. The van der Waals surface area contributed by atoms with Gasteiger partial charge in [-0.1, -0.05) is 12.1 Å². The van der Waals surface area contributed by atoms with Crippen molar-refractivity contribution in [3.63, 3.8) is 0 Å². The highest BCUT2D eigenvalue weighted by molar-refractivity contribution is 7.89. The largest absolute Gasteiger partial charge is 0.317 e. The van der Waals surface area contributed by atoms with Crippen LogP contribution in [0.1, 0.15) is 19.3 Å². The Labute approximate surface area is 141 Å². The molecule has 0 bridgehead atoms. The number of nitrogens with zero attached hydrogens (tertiary/aromatic N) is 2. The standard InChI is InChI=1S/C14H19N3O4S.ClH/c18-17(19)12-3-1-2-4-13(12)22(20,21)16-10-7-14(11-16)5-8-15-9-6-14;/h1-4,15H,5-11H2;1H. The molecule has 2 fully saturated rings. The molecule has 9 heteroatoms. The molecule has 128 valence electrons. The Morgan fingerprint density at radius 2 is 1.83 bits per heavy atom. The van der Waals surface area contributed by atoms with Crippen LogP contribution in [0.5, 0.6) is 0 Å². The average molecular weight is 362 g/mol. The first-order valence-electron chi connectivity index (χ1n) is 7.39. The summed E-state index contributed by atoms with van der Waals surface area (Å²) in [5, 5.41) is 14.4. The van der Waals surface area contributed by atoms with Gasteiger partial charge in [-0.2, -0.15) is 4.31 Å². The van der Waals surface area contributed by atoms with Crippen molar-refractivity contribution in [1.82, 2.24) is 9.62 Å². The van der Waals surface area contributed by atoms with E-state index in [1.165, 1.54) is 28.6 Å². The number of para-hydroxylation sites is 1. The molecule has 23 heavy (non-hydrogen) atoms. The molecular formula is C14H20ClN3O4S. The van der Waals surface area contributed by atoms with E-state index in [0.29, 0.717) is 13.1 Å². The summed E-state index contributed by atoms with van der Waals surface area (Å²) < 4.78 is 27.0. The summed E-state index contributed by atoms with van der Waals surface area (Å²) in [5.41, 5.74) is -0.323. The molecule has 0 atom stereocenters. The van der Waals surface area contributed by atoms with E-state index in [2.05, 4.69) is 5.32 Å². The molecule has 2 aliphatic heterocycles. The Kier molecular flexibility index (Phi) is 5.30. The summed E-state index contributed by atoms with van der Waals surface area (Å²) in [5.74, 6) is 0.